The van der Waals surface area contributed by atoms with Crippen molar-refractivity contribution < 1.29 is 9.90 Å². The number of aromatic carboxylic acids is 1. The Kier molecular flexibility index (Phi) is 2.60. The van der Waals surface area contributed by atoms with E-state index in [9.17, 15) is 9.90 Å². The van der Waals surface area contributed by atoms with Gasteiger partial charge in [-0.05, 0) is 23.3 Å². The van der Waals surface area contributed by atoms with Crippen LogP contribution in [0.2, 0.25) is 0 Å². The van der Waals surface area contributed by atoms with Crippen molar-refractivity contribution in [2.24, 2.45) is 7.05 Å². The van der Waals surface area contributed by atoms with Gasteiger partial charge in [0.05, 0.1) is 5.56 Å². The Morgan fingerprint density at radius 1 is 1.05 bits per heavy atom. The van der Waals surface area contributed by atoms with Crippen molar-refractivity contribution in [2.45, 2.75) is 0 Å². The van der Waals surface area contributed by atoms with E-state index in [0.29, 0.717) is 5.56 Å². The van der Waals surface area contributed by atoms with Gasteiger partial charge in [-0.15, -0.1) is 0 Å². The Labute approximate surface area is 110 Å². The molecule has 0 bridgehead atoms. The molecule has 2 aromatic carbocycles. The number of nitrogens with zero attached hydrogens (tertiary/aromatic N) is 1. The second-order valence-corrected chi connectivity index (χ2v) is 4.56. The molecule has 3 aromatic rings. The Morgan fingerprint density at radius 2 is 1.79 bits per heavy atom. The molecule has 19 heavy (non-hydrogen) atoms. The fourth-order valence-electron chi connectivity index (χ4n) is 2.37. The lowest BCUT2D eigenvalue weighted by Gasteiger charge is -2.03. The van der Waals surface area contributed by atoms with Crippen molar-refractivity contribution in [1.29, 1.82) is 0 Å². The van der Waals surface area contributed by atoms with Crippen LogP contribution in [0.25, 0.3) is 22.0 Å². The summed E-state index contributed by atoms with van der Waals surface area (Å²) in [5.41, 5.74) is 3.39. The van der Waals surface area contributed by atoms with E-state index >= 15 is 0 Å². The zero-order chi connectivity index (χ0) is 13.4. The van der Waals surface area contributed by atoms with E-state index in [1.807, 2.05) is 60.1 Å². The number of carboxylic acids is 1. The van der Waals surface area contributed by atoms with Gasteiger partial charge in [0, 0.05) is 24.1 Å². The monoisotopic (exact) mass is 251 g/mol. The topological polar surface area (TPSA) is 42.2 Å². The maximum atomic E-state index is 11.3. The number of carboxylic acid groups (broad SMARTS) is 1. The lowest BCUT2D eigenvalue weighted by molar-refractivity contribution is 0.0699. The van der Waals surface area contributed by atoms with Crippen LogP contribution in [0.3, 0.4) is 0 Å². The highest BCUT2D eigenvalue weighted by Crippen LogP contribution is 2.27. The number of benzene rings is 2. The van der Waals surface area contributed by atoms with Crippen LogP contribution in [-0.2, 0) is 7.05 Å². The van der Waals surface area contributed by atoms with Gasteiger partial charge in [0.25, 0.3) is 0 Å². The van der Waals surface area contributed by atoms with Crippen molar-refractivity contribution in [1.82, 2.24) is 4.57 Å². The summed E-state index contributed by atoms with van der Waals surface area (Å²) >= 11 is 0. The molecule has 1 N–H and O–H groups in total. The number of rotatable bonds is 2. The van der Waals surface area contributed by atoms with Crippen LogP contribution < -0.4 is 0 Å². The molecule has 0 saturated heterocycles. The van der Waals surface area contributed by atoms with E-state index in [0.717, 1.165) is 22.0 Å². The number of carbonyl (C=O) groups is 1. The van der Waals surface area contributed by atoms with E-state index < -0.39 is 5.97 Å². The van der Waals surface area contributed by atoms with Gasteiger partial charge in [-0.1, -0.05) is 36.4 Å². The average Bonchev–Trinajstić information content (AvgIpc) is 2.77. The van der Waals surface area contributed by atoms with Gasteiger partial charge in [-0.2, -0.15) is 0 Å². The zero-order valence-electron chi connectivity index (χ0n) is 10.5. The summed E-state index contributed by atoms with van der Waals surface area (Å²) in [7, 11) is 1.86. The van der Waals surface area contributed by atoms with Gasteiger partial charge in [0.15, 0.2) is 0 Å². The lowest BCUT2D eigenvalue weighted by Crippen LogP contribution is -1.94. The molecule has 0 radical (unpaired) electrons. The van der Waals surface area contributed by atoms with Crippen molar-refractivity contribution >= 4 is 16.9 Å². The molecular formula is C16H13NO2. The summed E-state index contributed by atoms with van der Waals surface area (Å²) in [6, 6.07) is 15.9. The van der Waals surface area contributed by atoms with Gasteiger partial charge in [-0.3, -0.25) is 0 Å². The molecule has 0 spiro atoms. The minimum atomic E-state index is -0.893. The highest BCUT2D eigenvalue weighted by molar-refractivity contribution is 6.04. The molecule has 3 rings (SSSR count). The van der Waals surface area contributed by atoms with Gasteiger partial charge in [0.2, 0.25) is 0 Å². The quantitative estimate of drug-likeness (QED) is 0.756. The Hall–Kier alpha value is -2.55. The molecule has 0 unspecified atom stereocenters. The summed E-state index contributed by atoms with van der Waals surface area (Å²) in [4.78, 5) is 11.3. The van der Waals surface area contributed by atoms with Crippen LogP contribution in [0.5, 0.6) is 0 Å². The second kappa shape index (κ2) is 4.28. The Morgan fingerprint density at radius 3 is 2.47 bits per heavy atom. The number of hydrogen-bond acceptors (Lipinski definition) is 1. The highest BCUT2D eigenvalue weighted by Gasteiger charge is 2.13. The first-order valence-corrected chi connectivity index (χ1v) is 6.04. The number of fused-ring (bicyclic) bond motifs is 1. The molecule has 3 nitrogen and oxygen atoms in total. The van der Waals surface area contributed by atoms with Crippen LogP contribution in [-0.4, -0.2) is 15.6 Å². The first kappa shape index (κ1) is 11.5. The molecule has 0 aliphatic carbocycles. The first-order valence-electron chi connectivity index (χ1n) is 6.04. The maximum absolute atomic E-state index is 11.3. The van der Waals surface area contributed by atoms with Crippen LogP contribution in [0.4, 0.5) is 0 Å². The van der Waals surface area contributed by atoms with Gasteiger partial charge in [-0.25, -0.2) is 4.79 Å². The largest absolute Gasteiger partial charge is 0.478 e. The fourth-order valence-corrected chi connectivity index (χ4v) is 2.37. The third-order valence-corrected chi connectivity index (χ3v) is 3.33. The summed E-state index contributed by atoms with van der Waals surface area (Å²) in [5, 5.41) is 10.0. The minimum absolute atomic E-state index is 0.343. The normalized spacial score (nSPS) is 10.8. The number of aromatic nitrogens is 1. The van der Waals surface area contributed by atoms with Crippen LogP contribution in [0.1, 0.15) is 10.4 Å². The lowest BCUT2D eigenvalue weighted by atomic mass is 10.0. The van der Waals surface area contributed by atoms with Crippen molar-refractivity contribution in [3.8, 4) is 11.1 Å². The van der Waals surface area contributed by atoms with E-state index in [1.165, 1.54) is 0 Å². The second-order valence-electron chi connectivity index (χ2n) is 4.56. The molecule has 0 saturated carbocycles. The van der Waals surface area contributed by atoms with E-state index in [1.54, 1.807) is 6.20 Å². The standard InChI is InChI=1S/C16H13NO2/c1-17-10-14(16(18)19)13-9-12(7-8-15(13)17)11-5-3-2-4-6-11/h2-10H,1H3,(H,18,19). The summed E-state index contributed by atoms with van der Waals surface area (Å²) in [5.74, 6) is -0.893. The molecule has 94 valence electrons. The van der Waals surface area contributed by atoms with Gasteiger partial charge < -0.3 is 9.67 Å². The third kappa shape index (κ3) is 1.89. The molecule has 3 heteroatoms. The predicted octanol–water partition coefficient (Wildman–Crippen LogP) is 3.54. The summed E-state index contributed by atoms with van der Waals surface area (Å²) in [6.07, 6.45) is 1.65. The van der Waals surface area contributed by atoms with E-state index in [-0.39, 0.29) is 0 Å². The zero-order valence-corrected chi connectivity index (χ0v) is 10.5. The van der Waals surface area contributed by atoms with Gasteiger partial charge in [0.1, 0.15) is 0 Å². The maximum Gasteiger partial charge on any atom is 0.337 e. The highest BCUT2D eigenvalue weighted by atomic mass is 16.4. The Balaban J connectivity index is 2.25. The number of hydrogen-bond donors (Lipinski definition) is 1. The smallest absolute Gasteiger partial charge is 0.337 e. The van der Waals surface area contributed by atoms with Crippen LogP contribution in [0, 0.1) is 0 Å². The average molecular weight is 251 g/mol. The van der Waals surface area contributed by atoms with E-state index in [2.05, 4.69) is 0 Å². The van der Waals surface area contributed by atoms with Crippen molar-refractivity contribution in [2.75, 3.05) is 0 Å². The van der Waals surface area contributed by atoms with Crippen molar-refractivity contribution in [3.63, 3.8) is 0 Å². The summed E-state index contributed by atoms with van der Waals surface area (Å²) in [6.45, 7) is 0. The van der Waals surface area contributed by atoms with Crippen molar-refractivity contribution in [3.05, 3.63) is 60.3 Å². The molecule has 0 aliphatic rings. The molecule has 0 aliphatic heterocycles. The molecule has 0 fully saturated rings. The molecule has 0 atom stereocenters. The Bertz CT molecular complexity index is 757. The predicted molar refractivity (Wildman–Crippen MR) is 75.3 cm³/mol. The van der Waals surface area contributed by atoms with Crippen LogP contribution in [0.15, 0.2) is 54.7 Å². The van der Waals surface area contributed by atoms with Gasteiger partial charge >= 0.3 is 5.97 Å². The molecule has 0 amide bonds. The third-order valence-electron chi connectivity index (χ3n) is 3.33. The molecule has 1 heterocycles. The number of aryl methyl sites for hydroxylation is 1. The SMILES string of the molecule is Cn1cc(C(=O)O)c2cc(-c3ccccc3)ccc21. The first-order chi connectivity index (χ1) is 9.16. The fraction of sp³-hybridized carbons (Fsp3) is 0.0625. The molecule has 1 aromatic heterocycles. The summed E-state index contributed by atoms with van der Waals surface area (Å²) < 4.78 is 1.84. The van der Waals surface area contributed by atoms with Crippen LogP contribution >= 0.6 is 0 Å². The molecular weight excluding hydrogens is 238 g/mol. The minimum Gasteiger partial charge on any atom is -0.478 e. The van der Waals surface area contributed by atoms with E-state index in [4.69, 9.17) is 0 Å².